The Morgan fingerprint density at radius 2 is 1.76 bits per heavy atom. The SMILES string of the molecule is COc1ccc(NC(C)=O)cc1S(=O)(=O)N1CCN(Cc2ccc(Cl)cc2)CC1. The molecule has 0 atom stereocenters. The lowest BCUT2D eigenvalue weighted by molar-refractivity contribution is -0.114. The summed E-state index contributed by atoms with van der Waals surface area (Å²) in [7, 11) is -2.32. The second-order valence-corrected chi connectivity index (χ2v) is 9.20. The van der Waals surface area contributed by atoms with E-state index in [0.717, 1.165) is 12.1 Å². The van der Waals surface area contributed by atoms with E-state index in [1.54, 1.807) is 12.1 Å². The van der Waals surface area contributed by atoms with Crippen molar-refractivity contribution in [3.63, 3.8) is 0 Å². The van der Waals surface area contributed by atoms with Gasteiger partial charge in [-0.15, -0.1) is 0 Å². The maximum absolute atomic E-state index is 13.2. The quantitative estimate of drug-likeness (QED) is 0.751. The molecule has 0 saturated carbocycles. The molecule has 1 amide bonds. The van der Waals surface area contributed by atoms with Crippen LogP contribution >= 0.6 is 11.6 Å². The minimum atomic E-state index is -3.75. The molecule has 3 rings (SSSR count). The number of nitrogens with zero attached hydrogens (tertiary/aromatic N) is 2. The fourth-order valence-electron chi connectivity index (χ4n) is 3.27. The van der Waals surface area contributed by atoms with Gasteiger partial charge in [-0.25, -0.2) is 8.42 Å². The number of amides is 1. The highest BCUT2D eigenvalue weighted by molar-refractivity contribution is 7.89. The van der Waals surface area contributed by atoms with Gasteiger partial charge in [0.15, 0.2) is 0 Å². The number of carbonyl (C=O) groups is 1. The molecule has 0 aliphatic carbocycles. The predicted octanol–water partition coefficient (Wildman–Crippen LogP) is 2.81. The van der Waals surface area contributed by atoms with Crippen molar-refractivity contribution in [2.75, 3.05) is 38.6 Å². The van der Waals surface area contributed by atoms with Crippen LogP contribution in [0.4, 0.5) is 5.69 Å². The molecule has 156 valence electrons. The zero-order valence-corrected chi connectivity index (χ0v) is 18.0. The molecule has 1 fully saturated rings. The number of hydrogen-bond acceptors (Lipinski definition) is 5. The lowest BCUT2D eigenvalue weighted by atomic mass is 10.2. The molecule has 9 heteroatoms. The maximum Gasteiger partial charge on any atom is 0.246 e. The van der Waals surface area contributed by atoms with Gasteiger partial charge in [-0.05, 0) is 35.9 Å². The monoisotopic (exact) mass is 437 g/mol. The topological polar surface area (TPSA) is 78.9 Å². The Bertz CT molecular complexity index is 972. The smallest absolute Gasteiger partial charge is 0.246 e. The summed E-state index contributed by atoms with van der Waals surface area (Å²) in [6, 6.07) is 12.3. The van der Waals surface area contributed by atoms with Crippen molar-refractivity contribution in [1.82, 2.24) is 9.21 Å². The van der Waals surface area contributed by atoms with Crippen LogP contribution in [0.3, 0.4) is 0 Å². The average molecular weight is 438 g/mol. The first-order chi connectivity index (χ1) is 13.8. The van der Waals surface area contributed by atoms with Crippen LogP contribution in [-0.2, 0) is 21.4 Å². The Morgan fingerprint density at radius 1 is 1.10 bits per heavy atom. The first kappa shape index (κ1) is 21.6. The minimum Gasteiger partial charge on any atom is -0.495 e. The highest BCUT2D eigenvalue weighted by atomic mass is 35.5. The van der Waals surface area contributed by atoms with Crippen molar-refractivity contribution in [3.8, 4) is 5.75 Å². The van der Waals surface area contributed by atoms with E-state index < -0.39 is 10.0 Å². The molecule has 7 nitrogen and oxygen atoms in total. The van der Waals surface area contributed by atoms with Crippen LogP contribution in [0.1, 0.15) is 12.5 Å². The number of carbonyl (C=O) groups excluding carboxylic acids is 1. The first-order valence-electron chi connectivity index (χ1n) is 9.22. The number of benzene rings is 2. The highest BCUT2D eigenvalue weighted by Crippen LogP contribution is 2.30. The molecule has 1 N–H and O–H groups in total. The molecule has 0 spiro atoms. The van der Waals surface area contributed by atoms with E-state index in [-0.39, 0.29) is 16.6 Å². The van der Waals surface area contributed by atoms with Crippen LogP contribution in [0, 0.1) is 0 Å². The summed E-state index contributed by atoms with van der Waals surface area (Å²) >= 11 is 5.93. The van der Waals surface area contributed by atoms with E-state index in [1.165, 1.54) is 24.4 Å². The molecular weight excluding hydrogens is 414 g/mol. The minimum absolute atomic E-state index is 0.0531. The summed E-state index contributed by atoms with van der Waals surface area (Å²) in [6.07, 6.45) is 0. The van der Waals surface area contributed by atoms with E-state index in [9.17, 15) is 13.2 Å². The number of nitrogens with one attached hydrogen (secondary N) is 1. The molecule has 2 aromatic carbocycles. The van der Waals surface area contributed by atoms with E-state index in [2.05, 4.69) is 10.2 Å². The number of methoxy groups -OCH3 is 1. The van der Waals surface area contributed by atoms with E-state index >= 15 is 0 Å². The highest BCUT2D eigenvalue weighted by Gasteiger charge is 2.31. The molecule has 1 aliphatic rings. The van der Waals surface area contributed by atoms with Crippen molar-refractivity contribution in [1.29, 1.82) is 0 Å². The van der Waals surface area contributed by atoms with Gasteiger partial charge in [0.05, 0.1) is 7.11 Å². The first-order valence-corrected chi connectivity index (χ1v) is 11.0. The van der Waals surface area contributed by atoms with Crippen LogP contribution in [0.25, 0.3) is 0 Å². The number of anilines is 1. The Kier molecular flexibility index (Phi) is 6.79. The predicted molar refractivity (Wildman–Crippen MR) is 113 cm³/mol. The Morgan fingerprint density at radius 3 is 2.34 bits per heavy atom. The molecule has 0 aromatic heterocycles. The Hall–Kier alpha value is -2.13. The van der Waals surface area contributed by atoms with Gasteiger partial charge in [0.1, 0.15) is 10.6 Å². The molecule has 2 aromatic rings. The van der Waals surface area contributed by atoms with Gasteiger partial charge < -0.3 is 10.1 Å². The number of hydrogen-bond donors (Lipinski definition) is 1. The summed E-state index contributed by atoms with van der Waals surface area (Å²) in [5.41, 5.74) is 1.55. The van der Waals surface area contributed by atoms with Crippen LogP contribution in [0.15, 0.2) is 47.4 Å². The number of piperazine rings is 1. The number of halogens is 1. The standard InChI is InChI=1S/C20H24ClN3O4S/c1-15(25)22-18-7-8-19(28-2)20(13-18)29(26,27)24-11-9-23(10-12-24)14-16-3-5-17(21)6-4-16/h3-8,13H,9-12,14H2,1-2H3,(H,22,25). The molecule has 1 aliphatic heterocycles. The molecular formula is C20H24ClN3O4S. The Labute approximate surface area is 176 Å². The number of ether oxygens (including phenoxy) is 1. The third-order valence-electron chi connectivity index (χ3n) is 4.75. The second kappa shape index (κ2) is 9.13. The Balaban J connectivity index is 1.72. The number of sulfonamides is 1. The largest absolute Gasteiger partial charge is 0.495 e. The maximum atomic E-state index is 13.2. The third kappa shape index (κ3) is 5.27. The summed E-state index contributed by atoms with van der Waals surface area (Å²) in [6.45, 7) is 4.11. The average Bonchev–Trinajstić information content (AvgIpc) is 2.69. The van der Waals surface area contributed by atoms with Crippen molar-refractivity contribution in [3.05, 3.63) is 53.1 Å². The van der Waals surface area contributed by atoms with Crippen LogP contribution < -0.4 is 10.1 Å². The molecule has 0 bridgehead atoms. The molecule has 1 heterocycles. The van der Waals surface area contributed by atoms with Crippen LogP contribution in [0.5, 0.6) is 5.75 Å². The summed E-state index contributed by atoms with van der Waals surface area (Å²) in [5, 5.41) is 3.31. The number of rotatable bonds is 6. The van der Waals surface area contributed by atoms with Gasteiger partial charge in [0, 0.05) is 50.4 Å². The van der Waals surface area contributed by atoms with Crippen LogP contribution in [-0.4, -0.2) is 56.8 Å². The lowest BCUT2D eigenvalue weighted by Crippen LogP contribution is -2.48. The van der Waals surface area contributed by atoms with Gasteiger partial charge >= 0.3 is 0 Å². The lowest BCUT2D eigenvalue weighted by Gasteiger charge is -2.34. The molecule has 0 unspecified atom stereocenters. The van der Waals surface area contributed by atoms with Crippen molar-refractivity contribution in [2.24, 2.45) is 0 Å². The van der Waals surface area contributed by atoms with Crippen LogP contribution in [0.2, 0.25) is 5.02 Å². The summed E-state index contributed by atoms with van der Waals surface area (Å²) < 4.78 is 33.1. The van der Waals surface area contributed by atoms with Crippen molar-refractivity contribution >= 4 is 33.2 Å². The summed E-state index contributed by atoms with van der Waals surface area (Å²) in [5.74, 6) is -0.0166. The van der Waals surface area contributed by atoms with E-state index in [0.29, 0.717) is 36.9 Å². The fourth-order valence-corrected chi connectivity index (χ4v) is 5.00. The zero-order valence-electron chi connectivity index (χ0n) is 16.4. The van der Waals surface area contributed by atoms with Gasteiger partial charge in [0.2, 0.25) is 15.9 Å². The van der Waals surface area contributed by atoms with Crippen molar-refractivity contribution in [2.45, 2.75) is 18.4 Å². The summed E-state index contributed by atoms with van der Waals surface area (Å²) in [4.78, 5) is 13.6. The molecule has 29 heavy (non-hydrogen) atoms. The van der Waals surface area contributed by atoms with E-state index in [4.69, 9.17) is 16.3 Å². The fraction of sp³-hybridized carbons (Fsp3) is 0.350. The third-order valence-corrected chi connectivity index (χ3v) is 6.92. The van der Waals surface area contributed by atoms with E-state index in [1.807, 2.05) is 24.3 Å². The molecule has 0 radical (unpaired) electrons. The van der Waals surface area contributed by atoms with Crippen molar-refractivity contribution < 1.29 is 17.9 Å². The normalized spacial score (nSPS) is 15.8. The second-order valence-electron chi connectivity index (χ2n) is 6.85. The zero-order chi connectivity index (χ0) is 21.0. The van der Waals surface area contributed by atoms with Gasteiger partial charge in [-0.1, -0.05) is 23.7 Å². The van der Waals surface area contributed by atoms with Gasteiger partial charge in [-0.2, -0.15) is 4.31 Å². The molecule has 1 saturated heterocycles. The van der Waals surface area contributed by atoms with Gasteiger partial charge in [0.25, 0.3) is 0 Å². The van der Waals surface area contributed by atoms with Gasteiger partial charge in [-0.3, -0.25) is 9.69 Å².